The average Bonchev–Trinajstić information content (AvgIpc) is 3.25. The zero-order chi connectivity index (χ0) is 22.8. The Bertz CT molecular complexity index is 1470. The van der Waals surface area contributed by atoms with Gasteiger partial charge in [-0.2, -0.15) is 0 Å². The molecule has 0 radical (unpaired) electrons. The number of hydrogen-bond donors (Lipinski definition) is 0. The van der Waals surface area contributed by atoms with Gasteiger partial charge < -0.3 is 18.5 Å². The van der Waals surface area contributed by atoms with Crippen molar-refractivity contribution >= 4 is 39.4 Å². The molecule has 0 amide bonds. The topological polar surface area (TPSA) is 85.8 Å². The number of nitrogens with zero attached hydrogens (tertiary/aromatic N) is 2. The standard InChI is InChI=1S/C26H20N2O5/c1-17(29)31-14-13-28(19-7-3-2-4-8-19)20-12-11-18-15-21(26(30)33-24(18)16-20)25-27-22-9-5-6-10-23(22)32-25/h2-12,15-16H,13-14H2,1H3. The third-order valence-electron chi connectivity index (χ3n) is 5.24. The molecular weight excluding hydrogens is 420 g/mol. The molecule has 2 aromatic heterocycles. The van der Waals surface area contributed by atoms with Crippen molar-refractivity contribution < 1.29 is 18.4 Å². The number of benzene rings is 3. The van der Waals surface area contributed by atoms with Crippen molar-refractivity contribution in [1.82, 2.24) is 4.98 Å². The Balaban J connectivity index is 1.53. The minimum atomic E-state index is -0.530. The highest BCUT2D eigenvalue weighted by Crippen LogP contribution is 2.30. The van der Waals surface area contributed by atoms with E-state index in [2.05, 4.69) is 4.98 Å². The minimum Gasteiger partial charge on any atom is -0.464 e. The molecule has 5 rings (SSSR count). The number of carbonyl (C=O) groups excluding carboxylic acids is 1. The lowest BCUT2D eigenvalue weighted by atomic mass is 10.1. The molecule has 0 bridgehead atoms. The first kappa shape index (κ1) is 20.5. The summed E-state index contributed by atoms with van der Waals surface area (Å²) in [6.45, 7) is 2.05. The van der Waals surface area contributed by atoms with Gasteiger partial charge in [0.15, 0.2) is 5.58 Å². The lowest BCUT2D eigenvalue weighted by Gasteiger charge is -2.25. The zero-order valence-corrected chi connectivity index (χ0v) is 17.9. The zero-order valence-electron chi connectivity index (χ0n) is 17.9. The highest BCUT2D eigenvalue weighted by atomic mass is 16.5. The molecule has 33 heavy (non-hydrogen) atoms. The monoisotopic (exact) mass is 440 g/mol. The minimum absolute atomic E-state index is 0.225. The van der Waals surface area contributed by atoms with Gasteiger partial charge in [0.25, 0.3) is 0 Å². The van der Waals surface area contributed by atoms with E-state index >= 15 is 0 Å². The van der Waals surface area contributed by atoms with Crippen molar-refractivity contribution in [3.63, 3.8) is 0 Å². The molecule has 7 nitrogen and oxygen atoms in total. The van der Waals surface area contributed by atoms with Crippen LogP contribution in [0.3, 0.4) is 0 Å². The molecule has 5 aromatic rings. The van der Waals surface area contributed by atoms with E-state index < -0.39 is 5.63 Å². The van der Waals surface area contributed by atoms with Crippen molar-refractivity contribution in [1.29, 1.82) is 0 Å². The van der Waals surface area contributed by atoms with Crippen molar-refractivity contribution in [2.45, 2.75) is 6.92 Å². The van der Waals surface area contributed by atoms with Gasteiger partial charge in [0.2, 0.25) is 5.89 Å². The Labute approximate surface area is 188 Å². The highest BCUT2D eigenvalue weighted by Gasteiger charge is 2.16. The number of oxazole rings is 1. The van der Waals surface area contributed by atoms with Crippen LogP contribution in [0.1, 0.15) is 6.92 Å². The van der Waals surface area contributed by atoms with Crippen molar-refractivity contribution in [3.05, 3.63) is 89.3 Å². The lowest BCUT2D eigenvalue weighted by Crippen LogP contribution is -2.23. The third-order valence-corrected chi connectivity index (χ3v) is 5.24. The van der Waals surface area contributed by atoms with E-state index in [1.54, 1.807) is 18.2 Å². The summed E-state index contributed by atoms with van der Waals surface area (Å²) in [5.41, 5.74) is 3.18. The molecule has 0 saturated heterocycles. The van der Waals surface area contributed by atoms with Crippen LogP contribution in [0.4, 0.5) is 11.4 Å². The molecular formula is C26H20N2O5. The summed E-state index contributed by atoms with van der Waals surface area (Å²) >= 11 is 0. The van der Waals surface area contributed by atoms with E-state index in [4.69, 9.17) is 13.6 Å². The number of aromatic nitrogens is 1. The summed E-state index contributed by atoms with van der Waals surface area (Å²) in [6, 6.07) is 24.4. The van der Waals surface area contributed by atoms with Gasteiger partial charge in [0.1, 0.15) is 23.3 Å². The molecule has 0 aliphatic carbocycles. The van der Waals surface area contributed by atoms with E-state index in [9.17, 15) is 9.59 Å². The number of fused-ring (bicyclic) bond motifs is 2. The normalized spacial score (nSPS) is 11.1. The molecule has 0 saturated carbocycles. The second kappa shape index (κ2) is 8.63. The Morgan fingerprint density at radius 2 is 1.70 bits per heavy atom. The Morgan fingerprint density at radius 1 is 0.909 bits per heavy atom. The molecule has 0 N–H and O–H groups in total. The quantitative estimate of drug-likeness (QED) is 0.261. The number of hydrogen-bond acceptors (Lipinski definition) is 7. The van der Waals surface area contributed by atoms with Gasteiger partial charge >= 0.3 is 11.6 Å². The number of ether oxygens (including phenoxy) is 1. The van der Waals surface area contributed by atoms with E-state index in [0.29, 0.717) is 23.2 Å². The lowest BCUT2D eigenvalue weighted by molar-refractivity contribution is -0.140. The van der Waals surface area contributed by atoms with Gasteiger partial charge in [-0.3, -0.25) is 4.79 Å². The number of anilines is 2. The van der Waals surface area contributed by atoms with Crippen LogP contribution in [0.15, 0.2) is 92.5 Å². The fraction of sp³-hybridized carbons (Fsp3) is 0.115. The van der Waals surface area contributed by atoms with Crippen LogP contribution in [-0.4, -0.2) is 24.1 Å². The largest absolute Gasteiger partial charge is 0.464 e. The summed E-state index contributed by atoms with van der Waals surface area (Å²) in [6.07, 6.45) is 0. The molecule has 7 heteroatoms. The molecule has 0 spiro atoms. The van der Waals surface area contributed by atoms with Crippen molar-refractivity contribution in [2.75, 3.05) is 18.1 Å². The van der Waals surface area contributed by atoms with Crippen LogP contribution in [0.2, 0.25) is 0 Å². The number of rotatable bonds is 6. The summed E-state index contributed by atoms with van der Waals surface area (Å²) < 4.78 is 16.5. The Kier molecular flexibility index (Phi) is 5.36. The van der Waals surface area contributed by atoms with Gasteiger partial charge in [-0.1, -0.05) is 30.3 Å². The van der Waals surface area contributed by atoms with E-state index in [-0.39, 0.29) is 24.0 Å². The molecule has 0 atom stereocenters. The van der Waals surface area contributed by atoms with Crippen LogP contribution < -0.4 is 10.5 Å². The van der Waals surface area contributed by atoms with E-state index in [0.717, 1.165) is 16.8 Å². The van der Waals surface area contributed by atoms with Crippen LogP contribution in [-0.2, 0) is 9.53 Å². The Morgan fingerprint density at radius 3 is 2.48 bits per heavy atom. The van der Waals surface area contributed by atoms with E-state index in [1.807, 2.05) is 65.6 Å². The maximum atomic E-state index is 12.8. The summed E-state index contributed by atoms with van der Waals surface area (Å²) in [5, 5.41) is 0.739. The second-order valence-corrected chi connectivity index (χ2v) is 7.48. The summed E-state index contributed by atoms with van der Waals surface area (Å²) in [5.74, 6) is -0.109. The SMILES string of the molecule is CC(=O)OCCN(c1ccccc1)c1ccc2cc(-c3nc4ccccc4o3)c(=O)oc2c1. The third kappa shape index (κ3) is 4.21. The molecule has 164 valence electrons. The maximum absolute atomic E-state index is 12.8. The Hall–Kier alpha value is -4.39. The second-order valence-electron chi connectivity index (χ2n) is 7.48. The van der Waals surface area contributed by atoms with Crippen LogP contribution in [0, 0.1) is 0 Å². The predicted octanol–water partition coefficient (Wildman–Crippen LogP) is 5.30. The van der Waals surface area contributed by atoms with Gasteiger partial charge in [-0.15, -0.1) is 0 Å². The van der Waals surface area contributed by atoms with Gasteiger partial charge in [-0.25, -0.2) is 9.78 Å². The molecule has 0 aliphatic rings. The first-order valence-corrected chi connectivity index (χ1v) is 10.5. The molecule has 0 unspecified atom stereocenters. The first-order valence-electron chi connectivity index (χ1n) is 10.5. The number of esters is 1. The molecule has 0 fully saturated rings. The van der Waals surface area contributed by atoms with Gasteiger partial charge in [-0.05, 0) is 42.5 Å². The van der Waals surface area contributed by atoms with Crippen molar-refractivity contribution in [2.24, 2.45) is 0 Å². The average molecular weight is 440 g/mol. The fourth-order valence-electron chi connectivity index (χ4n) is 3.70. The molecule has 0 aliphatic heterocycles. The van der Waals surface area contributed by atoms with E-state index in [1.165, 1.54) is 6.92 Å². The number of para-hydroxylation sites is 3. The highest BCUT2D eigenvalue weighted by molar-refractivity contribution is 5.85. The van der Waals surface area contributed by atoms with Crippen molar-refractivity contribution in [3.8, 4) is 11.5 Å². The van der Waals surface area contributed by atoms with Gasteiger partial charge in [0.05, 0.1) is 6.54 Å². The van der Waals surface area contributed by atoms with Gasteiger partial charge in [0, 0.05) is 29.8 Å². The van der Waals surface area contributed by atoms with Crippen LogP contribution >= 0.6 is 0 Å². The summed E-state index contributed by atoms with van der Waals surface area (Å²) in [7, 11) is 0. The first-order chi connectivity index (χ1) is 16.1. The maximum Gasteiger partial charge on any atom is 0.349 e. The smallest absolute Gasteiger partial charge is 0.349 e. The van der Waals surface area contributed by atoms with Crippen LogP contribution in [0.5, 0.6) is 0 Å². The fourth-order valence-corrected chi connectivity index (χ4v) is 3.70. The molecule has 2 heterocycles. The number of carbonyl (C=O) groups is 1. The predicted molar refractivity (Wildman–Crippen MR) is 126 cm³/mol. The molecule has 3 aromatic carbocycles. The van der Waals surface area contributed by atoms with Crippen LogP contribution in [0.25, 0.3) is 33.5 Å². The summed E-state index contributed by atoms with van der Waals surface area (Å²) in [4.78, 5) is 30.4.